The molecule has 1 atom stereocenters. The van der Waals surface area contributed by atoms with Crippen LogP contribution in [0.15, 0.2) is 24.3 Å². The Labute approximate surface area is 132 Å². The number of rotatable bonds is 7. The maximum absolute atomic E-state index is 11.6. The fourth-order valence-electron chi connectivity index (χ4n) is 1.40. The van der Waals surface area contributed by atoms with Crippen molar-refractivity contribution in [2.75, 3.05) is 32.6 Å². The van der Waals surface area contributed by atoms with E-state index in [0.717, 1.165) is 11.4 Å². The van der Waals surface area contributed by atoms with Gasteiger partial charge in [-0.25, -0.2) is 0 Å². The molecule has 1 aromatic carbocycles. The fraction of sp³-hybridized carbons (Fsp3) is 0.462. The first-order chi connectivity index (χ1) is 8.67. The first-order valence-corrected chi connectivity index (χ1v) is 5.98. The largest absolute Gasteiger partial charge is 0.495 e. The molecule has 0 aliphatic rings. The van der Waals surface area contributed by atoms with Crippen LogP contribution in [0.1, 0.15) is 6.92 Å². The van der Waals surface area contributed by atoms with Crippen LogP contribution in [0.5, 0.6) is 5.75 Å². The van der Waals surface area contributed by atoms with Gasteiger partial charge < -0.3 is 20.7 Å². The lowest BCUT2D eigenvalue weighted by Crippen LogP contribution is -2.39. The van der Waals surface area contributed by atoms with Gasteiger partial charge in [-0.05, 0) is 26.1 Å². The molecule has 0 fully saturated rings. The number of benzene rings is 1. The van der Waals surface area contributed by atoms with Crippen molar-refractivity contribution in [2.45, 2.75) is 13.0 Å². The highest BCUT2D eigenvalue weighted by atomic mass is 35.5. The van der Waals surface area contributed by atoms with Gasteiger partial charge in [0.1, 0.15) is 5.75 Å². The minimum atomic E-state index is -0.0389. The van der Waals surface area contributed by atoms with E-state index >= 15 is 0 Å². The molecule has 0 aliphatic heterocycles. The number of nitrogens with one attached hydrogen (secondary N) is 3. The number of methoxy groups -OCH3 is 1. The second kappa shape index (κ2) is 11.6. The van der Waals surface area contributed by atoms with Gasteiger partial charge in [0, 0.05) is 12.6 Å². The molecule has 0 saturated heterocycles. The molecule has 0 spiro atoms. The minimum Gasteiger partial charge on any atom is -0.495 e. The van der Waals surface area contributed by atoms with Crippen molar-refractivity contribution >= 4 is 36.4 Å². The van der Waals surface area contributed by atoms with Crippen LogP contribution in [0.2, 0.25) is 0 Å². The topological polar surface area (TPSA) is 62.4 Å². The summed E-state index contributed by atoms with van der Waals surface area (Å²) < 4.78 is 5.19. The standard InChI is InChI=1S/C13H21N3O2.2ClH/c1-10(14-2)8-16-13(17)9-15-11-6-4-5-7-12(11)18-3;;/h4-7,10,14-15H,8-9H2,1-3H3,(H,16,17);2*1H. The Morgan fingerprint density at radius 2 is 1.95 bits per heavy atom. The number of carbonyl (C=O) groups excluding carboxylic acids is 1. The van der Waals surface area contributed by atoms with E-state index in [-0.39, 0.29) is 43.3 Å². The molecule has 0 radical (unpaired) electrons. The van der Waals surface area contributed by atoms with E-state index in [4.69, 9.17) is 4.74 Å². The second-order valence-corrected chi connectivity index (χ2v) is 4.05. The quantitative estimate of drug-likeness (QED) is 0.714. The third kappa shape index (κ3) is 7.43. The monoisotopic (exact) mass is 323 g/mol. The SMILES string of the molecule is CNC(C)CNC(=O)CNc1ccccc1OC.Cl.Cl. The van der Waals surface area contributed by atoms with Crippen LogP contribution in [0.4, 0.5) is 5.69 Å². The van der Waals surface area contributed by atoms with E-state index in [9.17, 15) is 4.79 Å². The lowest BCUT2D eigenvalue weighted by molar-refractivity contribution is -0.119. The second-order valence-electron chi connectivity index (χ2n) is 4.05. The van der Waals surface area contributed by atoms with Crippen molar-refractivity contribution in [1.82, 2.24) is 10.6 Å². The number of hydrogen-bond donors (Lipinski definition) is 3. The van der Waals surface area contributed by atoms with E-state index in [1.807, 2.05) is 38.2 Å². The summed E-state index contributed by atoms with van der Waals surface area (Å²) in [5, 5.41) is 8.94. The Bertz CT molecular complexity index is 392. The van der Waals surface area contributed by atoms with Gasteiger partial charge in [-0.1, -0.05) is 12.1 Å². The number of likely N-dealkylation sites (N-methyl/N-ethyl adjacent to an activating group) is 1. The summed E-state index contributed by atoms with van der Waals surface area (Å²) in [7, 11) is 3.47. The van der Waals surface area contributed by atoms with Gasteiger partial charge in [-0.2, -0.15) is 0 Å². The number of halogens is 2. The smallest absolute Gasteiger partial charge is 0.239 e. The number of amides is 1. The van der Waals surface area contributed by atoms with E-state index in [0.29, 0.717) is 6.54 Å². The Morgan fingerprint density at radius 1 is 1.30 bits per heavy atom. The normalized spacial score (nSPS) is 10.6. The Balaban J connectivity index is 0. The van der Waals surface area contributed by atoms with Crippen LogP contribution in [0.25, 0.3) is 0 Å². The molecule has 0 aliphatic carbocycles. The van der Waals surface area contributed by atoms with Gasteiger partial charge in [-0.3, -0.25) is 4.79 Å². The molecule has 116 valence electrons. The Hall–Kier alpha value is -1.17. The van der Waals surface area contributed by atoms with Crippen LogP contribution in [-0.4, -0.2) is 39.2 Å². The summed E-state index contributed by atoms with van der Waals surface area (Å²) in [5.41, 5.74) is 0.816. The average molecular weight is 324 g/mol. The van der Waals surface area contributed by atoms with Crippen molar-refractivity contribution < 1.29 is 9.53 Å². The highest BCUT2D eigenvalue weighted by Crippen LogP contribution is 2.22. The number of para-hydroxylation sites is 2. The molecule has 7 heteroatoms. The molecule has 20 heavy (non-hydrogen) atoms. The van der Waals surface area contributed by atoms with Crippen LogP contribution < -0.4 is 20.7 Å². The van der Waals surface area contributed by atoms with Gasteiger partial charge in [0.05, 0.1) is 19.3 Å². The zero-order chi connectivity index (χ0) is 13.4. The van der Waals surface area contributed by atoms with Crippen molar-refractivity contribution in [3.05, 3.63) is 24.3 Å². The highest BCUT2D eigenvalue weighted by Gasteiger charge is 2.05. The lowest BCUT2D eigenvalue weighted by Gasteiger charge is -2.13. The molecule has 1 amide bonds. The predicted octanol–water partition coefficient (Wildman–Crippen LogP) is 1.67. The lowest BCUT2D eigenvalue weighted by atomic mass is 10.3. The molecule has 0 bridgehead atoms. The Kier molecular flexibility index (Phi) is 12.3. The summed E-state index contributed by atoms with van der Waals surface area (Å²) in [6, 6.07) is 7.77. The number of carbonyl (C=O) groups is 1. The van der Waals surface area contributed by atoms with Gasteiger partial charge in [-0.15, -0.1) is 24.8 Å². The third-order valence-corrected chi connectivity index (χ3v) is 2.64. The highest BCUT2D eigenvalue weighted by molar-refractivity contribution is 5.85. The van der Waals surface area contributed by atoms with Crippen LogP contribution in [0.3, 0.4) is 0 Å². The minimum absolute atomic E-state index is 0. The predicted molar refractivity (Wildman–Crippen MR) is 87.5 cm³/mol. The van der Waals surface area contributed by atoms with Gasteiger partial charge >= 0.3 is 0 Å². The van der Waals surface area contributed by atoms with Gasteiger partial charge in [0.2, 0.25) is 5.91 Å². The van der Waals surface area contributed by atoms with Crippen molar-refractivity contribution in [3.8, 4) is 5.75 Å². The number of hydrogen-bond acceptors (Lipinski definition) is 4. The molecule has 1 rings (SSSR count). The number of anilines is 1. The van der Waals surface area contributed by atoms with E-state index in [1.54, 1.807) is 7.11 Å². The zero-order valence-corrected chi connectivity index (χ0v) is 13.6. The summed E-state index contributed by atoms with van der Waals surface area (Å²) in [4.78, 5) is 11.6. The first-order valence-electron chi connectivity index (χ1n) is 5.98. The van der Waals surface area contributed by atoms with Gasteiger partial charge in [0.25, 0.3) is 0 Å². The molecule has 1 unspecified atom stereocenters. The van der Waals surface area contributed by atoms with Gasteiger partial charge in [0.15, 0.2) is 0 Å². The van der Waals surface area contributed by atoms with Crippen LogP contribution >= 0.6 is 24.8 Å². The van der Waals surface area contributed by atoms with Crippen LogP contribution in [-0.2, 0) is 4.79 Å². The molecule has 3 N–H and O–H groups in total. The molecular weight excluding hydrogens is 301 g/mol. The number of ether oxygens (including phenoxy) is 1. The summed E-state index contributed by atoms with van der Waals surface area (Å²) >= 11 is 0. The van der Waals surface area contributed by atoms with E-state index in [1.165, 1.54) is 0 Å². The third-order valence-electron chi connectivity index (χ3n) is 2.64. The molecule has 0 aromatic heterocycles. The maximum atomic E-state index is 11.6. The average Bonchev–Trinajstić information content (AvgIpc) is 2.42. The van der Waals surface area contributed by atoms with Crippen molar-refractivity contribution in [3.63, 3.8) is 0 Å². The summed E-state index contributed by atoms with van der Waals surface area (Å²) in [5.74, 6) is 0.692. The molecule has 5 nitrogen and oxygen atoms in total. The molecule has 0 heterocycles. The maximum Gasteiger partial charge on any atom is 0.239 e. The van der Waals surface area contributed by atoms with Crippen molar-refractivity contribution in [1.29, 1.82) is 0 Å². The summed E-state index contributed by atoms with van der Waals surface area (Å²) in [6.07, 6.45) is 0. The van der Waals surface area contributed by atoms with Crippen LogP contribution in [0, 0.1) is 0 Å². The van der Waals surface area contributed by atoms with E-state index < -0.39 is 0 Å². The Morgan fingerprint density at radius 3 is 2.55 bits per heavy atom. The molecule has 0 saturated carbocycles. The molecule has 1 aromatic rings. The van der Waals surface area contributed by atoms with Crippen molar-refractivity contribution in [2.24, 2.45) is 0 Å². The molecular formula is C13H23Cl2N3O2. The summed E-state index contributed by atoms with van der Waals surface area (Å²) in [6.45, 7) is 2.85. The van der Waals surface area contributed by atoms with E-state index in [2.05, 4.69) is 16.0 Å². The first kappa shape index (κ1) is 21.1. The zero-order valence-electron chi connectivity index (χ0n) is 11.9. The fourth-order valence-corrected chi connectivity index (χ4v) is 1.40.